The summed E-state index contributed by atoms with van der Waals surface area (Å²) >= 11 is 0. The first kappa shape index (κ1) is 24.3. The Kier molecular flexibility index (Phi) is 6.80. The smallest absolute Gasteiger partial charge is 0.347 e. The summed E-state index contributed by atoms with van der Waals surface area (Å²) in [6.45, 7) is 3.62. The van der Waals surface area contributed by atoms with Gasteiger partial charge in [-0.25, -0.2) is 15.0 Å². The van der Waals surface area contributed by atoms with E-state index in [1.165, 1.54) is 0 Å². The van der Waals surface area contributed by atoms with Crippen molar-refractivity contribution < 1.29 is 14.3 Å². The quantitative estimate of drug-likeness (QED) is 0.203. The third-order valence-corrected chi connectivity index (χ3v) is 6.48. The van der Waals surface area contributed by atoms with Gasteiger partial charge in [-0.3, -0.25) is 5.01 Å². The van der Waals surface area contributed by atoms with Gasteiger partial charge in [0.2, 0.25) is 5.67 Å². The number of allylic oxidation sites excluding steroid dienone is 1. The van der Waals surface area contributed by atoms with E-state index in [1.807, 2.05) is 43.3 Å². The lowest BCUT2D eigenvalue weighted by Crippen LogP contribution is -2.48. The summed E-state index contributed by atoms with van der Waals surface area (Å²) in [4.78, 5) is 12.0. The molecule has 4 aromatic rings. The zero-order chi connectivity index (χ0) is 25.2. The number of halogens is 1. The molecule has 0 amide bonds. The number of hydrogen-bond donors (Lipinski definition) is 3. The SMILES string of the molecule is CCCCC(F)(C(=O)O)/C(=C(/N)CC)N(N)c1ccc(-n2c3ccccc3c3ccccc32)cc1. The first-order valence-electron chi connectivity index (χ1n) is 11.9. The first-order valence-corrected chi connectivity index (χ1v) is 11.9. The highest BCUT2D eigenvalue weighted by Crippen LogP contribution is 2.36. The number of hydrazine groups is 1. The van der Waals surface area contributed by atoms with Crippen molar-refractivity contribution in [2.75, 3.05) is 5.01 Å². The van der Waals surface area contributed by atoms with E-state index in [0.717, 1.165) is 32.5 Å². The van der Waals surface area contributed by atoms with E-state index in [-0.39, 0.29) is 24.2 Å². The number of para-hydroxylation sites is 2. The van der Waals surface area contributed by atoms with Crippen LogP contribution in [0, 0.1) is 0 Å². The van der Waals surface area contributed by atoms with Crippen LogP contribution in [-0.4, -0.2) is 21.3 Å². The number of nitrogens with two attached hydrogens (primary N) is 2. The lowest BCUT2D eigenvalue weighted by atomic mass is 9.92. The normalized spacial score (nSPS) is 14.1. The van der Waals surface area contributed by atoms with Crippen LogP contribution in [0.25, 0.3) is 27.5 Å². The number of rotatable bonds is 9. The molecule has 6 nitrogen and oxygen atoms in total. The average molecular weight is 475 g/mol. The predicted molar refractivity (Wildman–Crippen MR) is 140 cm³/mol. The standard InChI is InChI=1S/C28H31FN4O2/c1-3-5-18-28(29,27(34)35)26(23(30)4-2)33(31)20-16-14-19(15-17-20)32-24-12-8-6-10-21(24)22-11-7-9-13-25(22)32/h6-17H,3-5,18,30-31H2,1-2H3,(H,34,35)/b26-23-. The number of carboxylic acid groups (broad SMARTS) is 1. The number of aliphatic carboxylic acids is 1. The number of nitrogens with zero attached hydrogens (tertiary/aromatic N) is 2. The van der Waals surface area contributed by atoms with Crippen LogP contribution in [0.1, 0.15) is 39.5 Å². The molecular formula is C28H31FN4O2. The minimum absolute atomic E-state index is 0.111. The van der Waals surface area contributed by atoms with Crippen molar-refractivity contribution in [2.45, 2.75) is 45.2 Å². The molecule has 1 heterocycles. The topological polar surface area (TPSA) is 97.5 Å². The Hall–Kier alpha value is -3.84. The van der Waals surface area contributed by atoms with Gasteiger partial charge in [0, 0.05) is 22.2 Å². The molecule has 0 saturated carbocycles. The van der Waals surface area contributed by atoms with Crippen LogP contribution >= 0.6 is 0 Å². The molecule has 1 aromatic heterocycles. The van der Waals surface area contributed by atoms with Crippen molar-refractivity contribution in [3.05, 3.63) is 84.2 Å². The highest BCUT2D eigenvalue weighted by atomic mass is 19.1. The van der Waals surface area contributed by atoms with Gasteiger partial charge >= 0.3 is 5.97 Å². The van der Waals surface area contributed by atoms with Crippen LogP contribution in [0.4, 0.5) is 10.1 Å². The van der Waals surface area contributed by atoms with Gasteiger partial charge in [0.25, 0.3) is 0 Å². The van der Waals surface area contributed by atoms with Gasteiger partial charge in [-0.1, -0.05) is 56.7 Å². The molecule has 0 spiro atoms. The predicted octanol–water partition coefficient (Wildman–Crippen LogP) is 6.03. The highest BCUT2D eigenvalue weighted by Gasteiger charge is 2.46. The summed E-state index contributed by atoms with van der Waals surface area (Å²) < 4.78 is 18.1. The number of carbonyl (C=O) groups is 1. The minimum Gasteiger partial charge on any atom is -0.479 e. The number of unbranched alkanes of at least 4 members (excludes halogenated alkanes) is 1. The van der Waals surface area contributed by atoms with Crippen LogP contribution in [0.5, 0.6) is 0 Å². The van der Waals surface area contributed by atoms with Crippen molar-refractivity contribution in [3.8, 4) is 5.69 Å². The minimum atomic E-state index is -2.68. The van der Waals surface area contributed by atoms with E-state index in [1.54, 1.807) is 19.1 Å². The first-order chi connectivity index (χ1) is 16.8. The second kappa shape index (κ2) is 9.80. The van der Waals surface area contributed by atoms with Gasteiger partial charge < -0.3 is 15.4 Å². The lowest BCUT2D eigenvalue weighted by Gasteiger charge is -2.32. The Labute approximate surface area is 204 Å². The molecule has 3 aromatic carbocycles. The largest absolute Gasteiger partial charge is 0.479 e. The van der Waals surface area contributed by atoms with Gasteiger partial charge in [0.1, 0.15) is 5.70 Å². The van der Waals surface area contributed by atoms with Crippen LogP contribution in [0.2, 0.25) is 0 Å². The summed E-state index contributed by atoms with van der Waals surface area (Å²) in [7, 11) is 0. The number of anilines is 1. The molecule has 7 heteroatoms. The maximum absolute atomic E-state index is 15.9. The van der Waals surface area contributed by atoms with Gasteiger partial charge in [-0.05, 0) is 55.7 Å². The number of carboxylic acids is 1. The molecule has 0 saturated heterocycles. The Bertz CT molecular complexity index is 1340. The fourth-order valence-corrected chi connectivity index (χ4v) is 4.61. The summed E-state index contributed by atoms with van der Waals surface area (Å²) in [5, 5.41) is 13.2. The molecule has 0 fully saturated rings. The van der Waals surface area contributed by atoms with Gasteiger partial charge in [0.15, 0.2) is 0 Å². The van der Waals surface area contributed by atoms with Gasteiger partial charge in [0.05, 0.1) is 16.7 Å². The van der Waals surface area contributed by atoms with Crippen molar-refractivity contribution >= 4 is 33.5 Å². The zero-order valence-corrected chi connectivity index (χ0v) is 20.0. The molecule has 35 heavy (non-hydrogen) atoms. The Morgan fingerprint density at radius 1 is 0.971 bits per heavy atom. The summed E-state index contributed by atoms with van der Waals surface area (Å²) in [6.07, 6.45) is 1.11. The van der Waals surface area contributed by atoms with Crippen LogP contribution in [0.3, 0.4) is 0 Å². The molecule has 182 valence electrons. The molecule has 5 N–H and O–H groups in total. The number of aromatic nitrogens is 1. The Morgan fingerprint density at radius 3 is 2.00 bits per heavy atom. The lowest BCUT2D eigenvalue weighted by molar-refractivity contribution is -0.148. The van der Waals surface area contributed by atoms with E-state index < -0.39 is 11.6 Å². The van der Waals surface area contributed by atoms with E-state index in [4.69, 9.17) is 11.6 Å². The molecule has 0 aliphatic heterocycles. The summed E-state index contributed by atoms with van der Waals surface area (Å²) in [6, 6.07) is 23.7. The summed E-state index contributed by atoms with van der Waals surface area (Å²) in [5.41, 5.74) is 6.82. The Balaban J connectivity index is 1.79. The average Bonchev–Trinajstić information content (AvgIpc) is 3.21. The van der Waals surface area contributed by atoms with E-state index in [9.17, 15) is 9.90 Å². The number of alkyl halides is 1. The molecule has 0 aliphatic rings. The molecular weight excluding hydrogens is 443 g/mol. The second-order valence-corrected chi connectivity index (χ2v) is 8.69. The number of benzene rings is 3. The van der Waals surface area contributed by atoms with E-state index in [2.05, 4.69) is 28.8 Å². The maximum atomic E-state index is 15.9. The van der Waals surface area contributed by atoms with E-state index >= 15 is 4.39 Å². The summed E-state index contributed by atoms with van der Waals surface area (Å²) in [5.74, 6) is 4.76. The monoisotopic (exact) mass is 474 g/mol. The van der Waals surface area contributed by atoms with Crippen LogP contribution in [0.15, 0.2) is 84.2 Å². The highest BCUT2D eigenvalue weighted by molar-refractivity contribution is 6.09. The molecule has 0 bridgehead atoms. The van der Waals surface area contributed by atoms with E-state index in [0.29, 0.717) is 18.5 Å². The zero-order valence-electron chi connectivity index (χ0n) is 20.0. The van der Waals surface area contributed by atoms with Crippen molar-refractivity contribution in [1.82, 2.24) is 4.57 Å². The molecule has 4 rings (SSSR count). The third kappa shape index (κ3) is 4.23. The molecule has 1 atom stereocenters. The van der Waals surface area contributed by atoms with Crippen molar-refractivity contribution in [2.24, 2.45) is 11.6 Å². The fraction of sp³-hybridized carbons (Fsp3) is 0.250. The number of fused-ring (bicyclic) bond motifs is 3. The van der Waals surface area contributed by atoms with Crippen LogP contribution in [-0.2, 0) is 4.79 Å². The van der Waals surface area contributed by atoms with Gasteiger partial charge in [-0.2, -0.15) is 0 Å². The van der Waals surface area contributed by atoms with Crippen molar-refractivity contribution in [3.63, 3.8) is 0 Å². The Morgan fingerprint density at radius 2 is 1.51 bits per heavy atom. The van der Waals surface area contributed by atoms with Crippen molar-refractivity contribution in [1.29, 1.82) is 0 Å². The molecule has 0 radical (unpaired) electrons. The molecule has 1 unspecified atom stereocenters. The maximum Gasteiger partial charge on any atom is 0.347 e. The third-order valence-electron chi connectivity index (χ3n) is 6.48. The fourth-order valence-electron chi connectivity index (χ4n) is 4.61. The van der Waals surface area contributed by atoms with Gasteiger partial charge in [-0.15, -0.1) is 0 Å². The number of hydrogen-bond acceptors (Lipinski definition) is 4. The van der Waals surface area contributed by atoms with Crippen LogP contribution < -0.4 is 16.6 Å². The molecule has 0 aliphatic carbocycles. The second-order valence-electron chi connectivity index (χ2n) is 8.69.